The number of halogens is 1. The van der Waals surface area contributed by atoms with E-state index in [2.05, 4.69) is 5.32 Å². The van der Waals surface area contributed by atoms with E-state index in [0.29, 0.717) is 16.5 Å². The first-order valence-electron chi connectivity index (χ1n) is 8.02. The van der Waals surface area contributed by atoms with Crippen LogP contribution in [0.5, 0.6) is 11.5 Å². The van der Waals surface area contributed by atoms with Crippen LogP contribution in [0.3, 0.4) is 0 Å². The summed E-state index contributed by atoms with van der Waals surface area (Å²) in [5.41, 5.74) is 1.55. The molecule has 2 aromatic rings. The van der Waals surface area contributed by atoms with E-state index in [1.807, 2.05) is 24.3 Å². The minimum absolute atomic E-state index is 0.0743. The molecule has 2 rings (SSSR count). The third-order valence-corrected chi connectivity index (χ3v) is 4.02. The molecule has 0 saturated carbocycles. The van der Waals surface area contributed by atoms with E-state index in [-0.39, 0.29) is 31.9 Å². The van der Waals surface area contributed by atoms with Gasteiger partial charge in [0.15, 0.2) is 11.5 Å². The van der Waals surface area contributed by atoms with Crippen molar-refractivity contribution in [3.63, 3.8) is 0 Å². The first-order valence-corrected chi connectivity index (χ1v) is 8.39. The highest BCUT2D eigenvalue weighted by atomic mass is 35.5. The first-order chi connectivity index (χ1) is 12.5. The topological polar surface area (TPSA) is 84.9 Å². The SMILES string of the molecule is COc1cccc(CNC(=O)CCC(=O)O)c1OCc1ccccc1Cl. The Hall–Kier alpha value is -2.73. The normalized spacial score (nSPS) is 10.2. The van der Waals surface area contributed by atoms with Crippen molar-refractivity contribution in [1.29, 1.82) is 0 Å². The second-order valence-corrected chi connectivity index (χ2v) is 5.91. The maximum Gasteiger partial charge on any atom is 0.303 e. The fourth-order valence-corrected chi connectivity index (χ4v) is 2.48. The van der Waals surface area contributed by atoms with E-state index >= 15 is 0 Å². The molecule has 26 heavy (non-hydrogen) atoms. The third kappa shape index (κ3) is 5.67. The van der Waals surface area contributed by atoms with Gasteiger partial charge in [0.2, 0.25) is 5.91 Å². The maximum atomic E-state index is 11.7. The van der Waals surface area contributed by atoms with E-state index in [1.54, 1.807) is 18.2 Å². The molecular formula is C19H20ClNO5. The predicted molar refractivity (Wildman–Crippen MR) is 97.5 cm³/mol. The van der Waals surface area contributed by atoms with Gasteiger partial charge < -0.3 is 19.9 Å². The molecule has 0 radical (unpaired) electrons. The van der Waals surface area contributed by atoms with Crippen LogP contribution in [-0.2, 0) is 22.7 Å². The molecule has 2 N–H and O–H groups in total. The zero-order valence-corrected chi connectivity index (χ0v) is 15.1. The van der Waals surface area contributed by atoms with Crippen molar-refractivity contribution in [2.75, 3.05) is 7.11 Å². The molecule has 0 aliphatic heterocycles. The van der Waals surface area contributed by atoms with Crippen molar-refractivity contribution in [3.05, 3.63) is 58.6 Å². The molecule has 0 atom stereocenters. The van der Waals surface area contributed by atoms with E-state index in [9.17, 15) is 9.59 Å². The second-order valence-electron chi connectivity index (χ2n) is 5.50. The van der Waals surface area contributed by atoms with Gasteiger partial charge in [-0.15, -0.1) is 0 Å². The Labute approximate surface area is 156 Å². The summed E-state index contributed by atoms with van der Waals surface area (Å²) < 4.78 is 11.2. The fraction of sp³-hybridized carbons (Fsp3) is 0.263. The van der Waals surface area contributed by atoms with Gasteiger partial charge in [-0.05, 0) is 12.1 Å². The van der Waals surface area contributed by atoms with Crippen molar-refractivity contribution in [2.24, 2.45) is 0 Å². The number of carboxylic acids is 1. The van der Waals surface area contributed by atoms with Gasteiger partial charge in [0.05, 0.1) is 13.5 Å². The fourth-order valence-electron chi connectivity index (χ4n) is 2.29. The van der Waals surface area contributed by atoms with Gasteiger partial charge in [0.25, 0.3) is 0 Å². The van der Waals surface area contributed by atoms with Gasteiger partial charge in [0.1, 0.15) is 6.61 Å². The molecule has 0 saturated heterocycles. The first kappa shape index (κ1) is 19.6. The van der Waals surface area contributed by atoms with Crippen LogP contribution in [0.25, 0.3) is 0 Å². The smallest absolute Gasteiger partial charge is 0.303 e. The van der Waals surface area contributed by atoms with Crippen LogP contribution in [0, 0.1) is 0 Å². The summed E-state index contributed by atoms with van der Waals surface area (Å²) in [4.78, 5) is 22.3. The Morgan fingerprint density at radius 1 is 1.08 bits per heavy atom. The number of rotatable bonds is 9. The second kappa shape index (κ2) is 9.68. The lowest BCUT2D eigenvalue weighted by Gasteiger charge is -2.16. The zero-order valence-electron chi connectivity index (χ0n) is 14.3. The predicted octanol–water partition coefficient (Wildman–Crippen LogP) is 3.41. The van der Waals surface area contributed by atoms with E-state index in [0.717, 1.165) is 11.1 Å². The van der Waals surface area contributed by atoms with Gasteiger partial charge in [0, 0.05) is 29.1 Å². The number of ether oxygens (including phenoxy) is 2. The molecule has 0 aliphatic carbocycles. The lowest BCUT2D eigenvalue weighted by Crippen LogP contribution is -2.23. The number of hydrogen-bond acceptors (Lipinski definition) is 4. The number of hydrogen-bond donors (Lipinski definition) is 2. The number of amides is 1. The average molecular weight is 378 g/mol. The Bertz CT molecular complexity index is 778. The van der Waals surface area contributed by atoms with Gasteiger partial charge in [-0.25, -0.2) is 0 Å². The quantitative estimate of drug-likeness (QED) is 0.699. The molecule has 0 unspecified atom stereocenters. The summed E-state index contributed by atoms with van der Waals surface area (Å²) in [5, 5.41) is 11.9. The van der Waals surface area contributed by atoms with Crippen LogP contribution in [-0.4, -0.2) is 24.1 Å². The highest BCUT2D eigenvalue weighted by Gasteiger charge is 2.13. The van der Waals surface area contributed by atoms with Gasteiger partial charge in [-0.1, -0.05) is 41.9 Å². The number of methoxy groups -OCH3 is 1. The van der Waals surface area contributed by atoms with E-state index in [1.165, 1.54) is 7.11 Å². The van der Waals surface area contributed by atoms with Crippen molar-refractivity contribution < 1.29 is 24.2 Å². The molecule has 0 aromatic heterocycles. The summed E-state index contributed by atoms with van der Waals surface area (Å²) in [6.45, 7) is 0.452. The zero-order chi connectivity index (χ0) is 18.9. The monoisotopic (exact) mass is 377 g/mol. The van der Waals surface area contributed by atoms with E-state index < -0.39 is 5.97 Å². The average Bonchev–Trinajstić information content (AvgIpc) is 2.64. The van der Waals surface area contributed by atoms with Crippen LogP contribution < -0.4 is 14.8 Å². The maximum absolute atomic E-state index is 11.7. The lowest BCUT2D eigenvalue weighted by atomic mass is 10.1. The van der Waals surface area contributed by atoms with Crippen molar-refractivity contribution in [2.45, 2.75) is 26.0 Å². The summed E-state index contributed by atoms with van der Waals surface area (Å²) in [5.74, 6) is -0.305. The van der Waals surface area contributed by atoms with Crippen LogP contribution in [0.4, 0.5) is 0 Å². The molecule has 0 bridgehead atoms. The van der Waals surface area contributed by atoms with E-state index in [4.69, 9.17) is 26.2 Å². The minimum atomic E-state index is -1.01. The number of carbonyl (C=O) groups excluding carboxylic acids is 1. The number of para-hydroxylation sites is 1. The standard InChI is InChI=1S/C19H20ClNO5/c1-25-16-8-4-6-13(11-21-17(22)9-10-18(23)24)19(16)26-12-14-5-2-3-7-15(14)20/h2-8H,9-12H2,1H3,(H,21,22)(H,23,24). The highest BCUT2D eigenvalue weighted by molar-refractivity contribution is 6.31. The minimum Gasteiger partial charge on any atom is -0.493 e. The Balaban J connectivity index is 2.08. The Morgan fingerprint density at radius 2 is 1.81 bits per heavy atom. The highest BCUT2D eigenvalue weighted by Crippen LogP contribution is 2.32. The Morgan fingerprint density at radius 3 is 2.50 bits per heavy atom. The molecule has 2 aromatic carbocycles. The largest absolute Gasteiger partial charge is 0.493 e. The summed E-state index contributed by atoms with van der Waals surface area (Å²) in [6.07, 6.45) is -0.283. The number of carboxylic acid groups (broad SMARTS) is 1. The Kier molecular flexibility index (Phi) is 7.29. The van der Waals surface area contributed by atoms with Crippen molar-refractivity contribution in [1.82, 2.24) is 5.32 Å². The molecule has 0 spiro atoms. The van der Waals surface area contributed by atoms with Crippen molar-refractivity contribution in [3.8, 4) is 11.5 Å². The van der Waals surface area contributed by atoms with Gasteiger partial charge >= 0.3 is 5.97 Å². The molecule has 0 aliphatic rings. The van der Waals surface area contributed by atoms with Crippen LogP contribution in [0.1, 0.15) is 24.0 Å². The number of carbonyl (C=O) groups is 2. The molecule has 1 amide bonds. The van der Waals surface area contributed by atoms with Crippen LogP contribution in [0.2, 0.25) is 5.02 Å². The molecule has 0 fully saturated rings. The number of aliphatic carboxylic acids is 1. The summed E-state index contributed by atoms with van der Waals surface area (Å²) >= 11 is 6.15. The summed E-state index contributed by atoms with van der Waals surface area (Å²) in [7, 11) is 1.53. The number of nitrogens with one attached hydrogen (secondary N) is 1. The molecule has 0 heterocycles. The van der Waals surface area contributed by atoms with Crippen LogP contribution >= 0.6 is 11.6 Å². The summed E-state index contributed by atoms with van der Waals surface area (Å²) in [6, 6.07) is 12.7. The molecule has 7 heteroatoms. The lowest BCUT2D eigenvalue weighted by molar-refractivity contribution is -0.138. The molecular weight excluding hydrogens is 358 g/mol. The van der Waals surface area contributed by atoms with Crippen LogP contribution in [0.15, 0.2) is 42.5 Å². The van der Waals surface area contributed by atoms with Gasteiger partial charge in [-0.3, -0.25) is 9.59 Å². The number of benzene rings is 2. The van der Waals surface area contributed by atoms with Gasteiger partial charge in [-0.2, -0.15) is 0 Å². The molecule has 6 nitrogen and oxygen atoms in total. The molecule has 138 valence electrons. The van der Waals surface area contributed by atoms with Crippen molar-refractivity contribution >= 4 is 23.5 Å². The third-order valence-electron chi connectivity index (χ3n) is 3.65.